The van der Waals surface area contributed by atoms with Crippen LogP contribution in [0.25, 0.3) is 6.08 Å². The molecule has 5 heteroatoms. The number of aromatic hydroxyl groups is 1. The Kier molecular flexibility index (Phi) is 3.48. The number of carbonyl (C=O) groups excluding carboxylic acids is 1. The molecule has 0 radical (unpaired) electrons. The van der Waals surface area contributed by atoms with Gasteiger partial charge in [-0.2, -0.15) is 0 Å². The normalized spacial score (nSPS) is 10.4. The van der Waals surface area contributed by atoms with Gasteiger partial charge in [-0.05, 0) is 18.2 Å². The molecule has 0 aliphatic carbocycles. The van der Waals surface area contributed by atoms with Crippen molar-refractivity contribution in [2.75, 3.05) is 7.11 Å². The predicted octanol–water partition coefficient (Wildman–Crippen LogP) is 1.63. The molecule has 0 aliphatic heterocycles. The number of pyridine rings is 1. The van der Waals surface area contributed by atoms with Gasteiger partial charge in [0.15, 0.2) is 10.9 Å². The Morgan fingerprint density at radius 1 is 1.64 bits per heavy atom. The largest absolute Gasteiger partial charge is 0.505 e. The van der Waals surface area contributed by atoms with E-state index in [1.54, 1.807) is 0 Å². The van der Waals surface area contributed by atoms with Crippen molar-refractivity contribution in [2.24, 2.45) is 0 Å². The second-order valence-electron chi connectivity index (χ2n) is 2.40. The van der Waals surface area contributed by atoms with Crippen molar-refractivity contribution in [3.8, 4) is 5.75 Å². The van der Waals surface area contributed by atoms with E-state index in [1.165, 1.54) is 31.4 Å². The zero-order chi connectivity index (χ0) is 10.6. The maximum atomic E-state index is 10.7. The van der Waals surface area contributed by atoms with E-state index in [9.17, 15) is 4.79 Å². The first-order valence-electron chi connectivity index (χ1n) is 3.75. The number of methoxy groups -OCH3 is 1. The number of rotatable bonds is 2. The molecule has 1 rings (SSSR count). The summed E-state index contributed by atoms with van der Waals surface area (Å²) >= 11 is 5.55. The molecular weight excluding hydrogens is 206 g/mol. The third-order valence-corrected chi connectivity index (χ3v) is 1.72. The molecule has 1 heterocycles. The molecule has 4 nitrogen and oxygen atoms in total. The molecule has 1 aromatic heterocycles. The van der Waals surface area contributed by atoms with Crippen LogP contribution in [0.3, 0.4) is 0 Å². The van der Waals surface area contributed by atoms with E-state index in [0.717, 1.165) is 0 Å². The third-order valence-electron chi connectivity index (χ3n) is 1.44. The summed E-state index contributed by atoms with van der Waals surface area (Å²) in [5.41, 5.74) is 0.471. The lowest BCUT2D eigenvalue weighted by molar-refractivity contribution is -0.134. The van der Waals surface area contributed by atoms with Crippen molar-refractivity contribution in [1.82, 2.24) is 4.98 Å². The van der Waals surface area contributed by atoms with Crippen LogP contribution in [-0.4, -0.2) is 23.2 Å². The minimum absolute atomic E-state index is 0.00276. The summed E-state index contributed by atoms with van der Waals surface area (Å²) in [6.45, 7) is 0. The van der Waals surface area contributed by atoms with Gasteiger partial charge in [-0.15, -0.1) is 0 Å². The average Bonchev–Trinajstić information content (AvgIpc) is 2.19. The lowest BCUT2D eigenvalue weighted by atomic mass is 10.3. The number of esters is 1. The van der Waals surface area contributed by atoms with Crippen LogP contribution in [-0.2, 0) is 9.53 Å². The first-order chi connectivity index (χ1) is 6.63. The number of ether oxygens (including phenoxy) is 1. The predicted molar refractivity (Wildman–Crippen MR) is 52.0 cm³/mol. The van der Waals surface area contributed by atoms with Crippen LogP contribution in [0.1, 0.15) is 5.69 Å². The van der Waals surface area contributed by atoms with Crippen LogP contribution in [0.2, 0.25) is 5.15 Å². The lowest BCUT2D eigenvalue weighted by Crippen LogP contribution is -1.93. The van der Waals surface area contributed by atoms with Crippen LogP contribution < -0.4 is 0 Å². The number of carbonyl (C=O) groups is 1. The Morgan fingerprint density at radius 3 is 2.93 bits per heavy atom. The molecule has 0 saturated heterocycles. The Hall–Kier alpha value is -1.55. The van der Waals surface area contributed by atoms with E-state index in [-0.39, 0.29) is 10.9 Å². The Bertz CT molecular complexity index is 376. The molecule has 0 spiro atoms. The maximum absolute atomic E-state index is 10.7. The zero-order valence-corrected chi connectivity index (χ0v) is 8.15. The van der Waals surface area contributed by atoms with Crippen molar-refractivity contribution in [1.29, 1.82) is 0 Å². The van der Waals surface area contributed by atoms with Gasteiger partial charge in [-0.1, -0.05) is 11.6 Å². The smallest absolute Gasteiger partial charge is 0.330 e. The molecular formula is C9H8ClNO3. The third kappa shape index (κ3) is 2.74. The first kappa shape index (κ1) is 10.5. The summed E-state index contributed by atoms with van der Waals surface area (Å²) < 4.78 is 4.39. The van der Waals surface area contributed by atoms with Gasteiger partial charge in [0.05, 0.1) is 12.8 Å². The molecule has 0 amide bonds. The van der Waals surface area contributed by atoms with Crippen molar-refractivity contribution in [3.63, 3.8) is 0 Å². The van der Waals surface area contributed by atoms with Crippen LogP contribution in [0.15, 0.2) is 18.2 Å². The fourth-order valence-electron chi connectivity index (χ4n) is 0.755. The number of hydrogen-bond donors (Lipinski definition) is 1. The molecule has 0 unspecified atom stereocenters. The lowest BCUT2D eigenvalue weighted by Gasteiger charge is -1.96. The SMILES string of the molecule is COC(=O)C=Cc1ccc(O)c(Cl)n1. The standard InChI is InChI=1S/C9H8ClNO3/c1-14-8(13)5-3-6-2-4-7(12)9(10)11-6/h2-5,12H,1H3. The quantitative estimate of drug-likeness (QED) is 0.461. The Morgan fingerprint density at radius 2 is 2.36 bits per heavy atom. The summed E-state index contributed by atoms with van der Waals surface area (Å²) in [6, 6.07) is 2.92. The highest BCUT2D eigenvalue weighted by Crippen LogP contribution is 2.20. The maximum Gasteiger partial charge on any atom is 0.330 e. The fourth-order valence-corrected chi connectivity index (χ4v) is 0.916. The van der Waals surface area contributed by atoms with Crippen molar-refractivity contribution < 1.29 is 14.6 Å². The van der Waals surface area contributed by atoms with Crippen molar-refractivity contribution >= 4 is 23.6 Å². The monoisotopic (exact) mass is 213 g/mol. The molecule has 0 atom stereocenters. The van der Waals surface area contributed by atoms with Gasteiger partial charge < -0.3 is 9.84 Å². The van der Waals surface area contributed by atoms with E-state index in [0.29, 0.717) is 5.69 Å². The molecule has 14 heavy (non-hydrogen) atoms. The van der Waals surface area contributed by atoms with Gasteiger partial charge in [-0.3, -0.25) is 0 Å². The number of aromatic nitrogens is 1. The van der Waals surface area contributed by atoms with Gasteiger partial charge in [0.25, 0.3) is 0 Å². The molecule has 1 aromatic rings. The number of nitrogens with zero attached hydrogens (tertiary/aromatic N) is 1. The molecule has 0 fully saturated rings. The van der Waals surface area contributed by atoms with E-state index in [2.05, 4.69) is 9.72 Å². The summed E-state index contributed by atoms with van der Waals surface area (Å²) in [7, 11) is 1.28. The Balaban J connectivity index is 2.83. The van der Waals surface area contributed by atoms with E-state index >= 15 is 0 Å². The van der Waals surface area contributed by atoms with Gasteiger partial charge in [0, 0.05) is 6.08 Å². The highest BCUT2D eigenvalue weighted by atomic mass is 35.5. The second-order valence-corrected chi connectivity index (χ2v) is 2.76. The first-order valence-corrected chi connectivity index (χ1v) is 4.13. The molecule has 0 aliphatic rings. The minimum Gasteiger partial charge on any atom is -0.505 e. The van der Waals surface area contributed by atoms with E-state index in [1.807, 2.05) is 0 Å². The average molecular weight is 214 g/mol. The molecule has 74 valence electrons. The highest BCUT2D eigenvalue weighted by molar-refractivity contribution is 6.30. The van der Waals surface area contributed by atoms with Gasteiger partial charge >= 0.3 is 5.97 Å². The van der Waals surface area contributed by atoms with Crippen LogP contribution in [0.5, 0.6) is 5.75 Å². The van der Waals surface area contributed by atoms with Crippen LogP contribution in [0.4, 0.5) is 0 Å². The molecule has 0 bridgehead atoms. The summed E-state index contributed by atoms with van der Waals surface area (Å²) in [5.74, 6) is -0.571. The van der Waals surface area contributed by atoms with Crippen LogP contribution in [0, 0.1) is 0 Å². The van der Waals surface area contributed by atoms with Crippen molar-refractivity contribution in [2.45, 2.75) is 0 Å². The number of hydrogen-bond acceptors (Lipinski definition) is 4. The highest BCUT2D eigenvalue weighted by Gasteiger charge is 1.99. The summed E-state index contributed by atoms with van der Waals surface area (Å²) in [6.07, 6.45) is 2.66. The van der Waals surface area contributed by atoms with Crippen LogP contribution >= 0.6 is 11.6 Å². The molecule has 0 aromatic carbocycles. The van der Waals surface area contributed by atoms with E-state index < -0.39 is 5.97 Å². The fraction of sp³-hybridized carbons (Fsp3) is 0.111. The van der Waals surface area contributed by atoms with Crippen molar-refractivity contribution in [3.05, 3.63) is 29.1 Å². The second kappa shape index (κ2) is 4.62. The topological polar surface area (TPSA) is 59.4 Å². The molecule has 1 N–H and O–H groups in total. The Labute approximate surface area is 85.8 Å². The minimum atomic E-state index is -0.476. The van der Waals surface area contributed by atoms with Gasteiger partial charge in [-0.25, -0.2) is 9.78 Å². The van der Waals surface area contributed by atoms with E-state index in [4.69, 9.17) is 16.7 Å². The molecule has 0 saturated carbocycles. The zero-order valence-electron chi connectivity index (χ0n) is 7.40. The summed E-state index contributed by atoms with van der Waals surface area (Å²) in [4.78, 5) is 14.5. The van der Waals surface area contributed by atoms with Gasteiger partial charge in [0.1, 0.15) is 0 Å². The number of halogens is 1. The van der Waals surface area contributed by atoms with Gasteiger partial charge in [0.2, 0.25) is 0 Å². The summed E-state index contributed by atoms with van der Waals surface area (Å²) in [5, 5.41) is 9.05.